The van der Waals surface area contributed by atoms with Crippen molar-refractivity contribution in [2.45, 2.75) is 32.4 Å². The molecule has 3 nitrogen and oxygen atoms in total. The van der Waals surface area contributed by atoms with Gasteiger partial charge in [0.25, 0.3) is 0 Å². The second-order valence-electron chi connectivity index (χ2n) is 3.25. The van der Waals surface area contributed by atoms with Gasteiger partial charge >= 0.3 is 0 Å². The van der Waals surface area contributed by atoms with E-state index in [2.05, 4.69) is 15.8 Å². The molecule has 0 amide bonds. The zero-order valence-electron chi connectivity index (χ0n) is 6.75. The van der Waals surface area contributed by atoms with Crippen LogP contribution in [0.2, 0.25) is 0 Å². The molecule has 0 aromatic carbocycles. The highest BCUT2D eigenvalue weighted by Crippen LogP contribution is 2.13. The molecule has 2 rings (SSSR count). The quantitative estimate of drug-likeness (QED) is 0.585. The molecule has 1 unspecified atom stereocenters. The average molecular weight is 151 g/mol. The summed E-state index contributed by atoms with van der Waals surface area (Å²) in [5, 5.41) is 4.35. The molecule has 1 atom stereocenters. The Morgan fingerprint density at radius 3 is 3.36 bits per heavy atom. The van der Waals surface area contributed by atoms with Gasteiger partial charge in [-0.2, -0.15) is 5.10 Å². The molecule has 1 aliphatic rings. The van der Waals surface area contributed by atoms with Gasteiger partial charge < -0.3 is 5.73 Å². The third kappa shape index (κ3) is 1.16. The molecule has 3 heteroatoms. The lowest BCUT2D eigenvalue weighted by Crippen LogP contribution is -2.30. The van der Waals surface area contributed by atoms with Crippen molar-refractivity contribution in [3.8, 4) is 0 Å². The number of rotatable bonds is 0. The second-order valence-corrected chi connectivity index (χ2v) is 3.25. The number of nitrogens with zero attached hydrogens (tertiary/aromatic N) is 2. The van der Waals surface area contributed by atoms with Crippen LogP contribution in [0.25, 0.3) is 0 Å². The molecule has 0 radical (unpaired) electrons. The van der Waals surface area contributed by atoms with E-state index in [0.717, 1.165) is 25.1 Å². The first-order valence-electron chi connectivity index (χ1n) is 4.04. The SMILES string of the molecule is Cc1cc2n(n1)CCC(N)C2. The van der Waals surface area contributed by atoms with Crippen molar-refractivity contribution >= 4 is 0 Å². The molecular weight excluding hydrogens is 138 g/mol. The fraction of sp³-hybridized carbons (Fsp3) is 0.625. The third-order valence-electron chi connectivity index (χ3n) is 2.17. The van der Waals surface area contributed by atoms with E-state index in [0.29, 0.717) is 6.04 Å². The van der Waals surface area contributed by atoms with Crippen LogP contribution in [0, 0.1) is 6.92 Å². The standard InChI is InChI=1S/C8H13N3/c1-6-4-8-5-7(9)2-3-11(8)10-6/h4,7H,2-3,5,9H2,1H3. The zero-order valence-corrected chi connectivity index (χ0v) is 6.75. The lowest BCUT2D eigenvalue weighted by Gasteiger charge is -2.18. The molecule has 11 heavy (non-hydrogen) atoms. The summed E-state index contributed by atoms with van der Waals surface area (Å²) >= 11 is 0. The molecule has 1 aliphatic heterocycles. The Labute approximate surface area is 66.2 Å². The van der Waals surface area contributed by atoms with E-state index < -0.39 is 0 Å². The van der Waals surface area contributed by atoms with Crippen LogP contribution in [0.3, 0.4) is 0 Å². The van der Waals surface area contributed by atoms with E-state index in [1.165, 1.54) is 5.69 Å². The monoisotopic (exact) mass is 151 g/mol. The average Bonchev–Trinajstić information content (AvgIpc) is 2.27. The summed E-state index contributed by atoms with van der Waals surface area (Å²) in [6.45, 7) is 3.02. The van der Waals surface area contributed by atoms with Gasteiger partial charge in [0.15, 0.2) is 0 Å². The maximum atomic E-state index is 5.82. The van der Waals surface area contributed by atoms with E-state index >= 15 is 0 Å². The van der Waals surface area contributed by atoms with Gasteiger partial charge in [0.2, 0.25) is 0 Å². The highest BCUT2D eigenvalue weighted by Gasteiger charge is 2.15. The summed E-state index contributed by atoms with van der Waals surface area (Å²) in [7, 11) is 0. The van der Waals surface area contributed by atoms with Crippen LogP contribution in [-0.4, -0.2) is 15.8 Å². The van der Waals surface area contributed by atoms with E-state index in [1.54, 1.807) is 0 Å². The van der Waals surface area contributed by atoms with E-state index in [4.69, 9.17) is 5.73 Å². The second kappa shape index (κ2) is 2.34. The molecule has 0 spiro atoms. The lowest BCUT2D eigenvalue weighted by molar-refractivity contribution is 0.438. The Kier molecular flexibility index (Phi) is 1.46. The van der Waals surface area contributed by atoms with Gasteiger partial charge in [0.05, 0.1) is 5.69 Å². The first-order chi connectivity index (χ1) is 5.25. The first-order valence-corrected chi connectivity index (χ1v) is 4.04. The Bertz CT molecular complexity index is 264. The van der Waals surface area contributed by atoms with Crippen LogP contribution >= 0.6 is 0 Å². The van der Waals surface area contributed by atoms with Crippen molar-refractivity contribution in [2.24, 2.45) is 5.73 Å². The van der Waals surface area contributed by atoms with Crippen molar-refractivity contribution in [1.29, 1.82) is 0 Å². The lowest BCUT2D eigenvalue weighted by atomic mass is 10.1. The topological polar surface area (TPSA) is 43.8 Å². The van der Waals surface area contributed by atoms with Crippen LogP contribution in [0.4, 0.5) is 0 Å². The minimum Gasteiger partial charge on any atom is -0.327 e. The Balaban J connectivity index is 2.34. The Hall–Kier alpha value is -0.830. The maximum Gasteiger partial charge on any atom is 0.0596 e. The van der Waals surface area contributed by atoms with E-state index in [9.17, 15) is 0 Å². The smallest absolute Gasteiger partial charge is 0.0596 e. The maximum absolute atomic E-state index is 5.82. The van der Waals surface area contributed by atoms with Gasteiger partial charge in [-0.15, -0.1) is 0 Å². The highest BCUT2D eigenvalue weighted by molar-refractivity contribution is 5.11. The predicted molar refractivity (Wildman–Crippen MR) is 43.3 cm³/mol. The Morgan fingerprint density at radius 2 is 2.55 bits per heavy atom. The van der Waals surface area contributed by atoms with E-state index in [-0.39, 0.29) is 0 Å². The Morgan fingerprint density at radius 1 is 1.73 bits per heavy atom. The summed E-state index contributed by atoms with van der Waals surface area (Å²) in [5.41, 5.74) is 8.22. The summed E-state index contributed by atoms with van der Waals surface area (Å²) in [6, 6.07) is 2.47. The predicted octanol–water partition coefficient (Wildman–Crippen LogP) is 0.465. The van der Waals surface area contributed by atoms with Gasteiger partial charge in [0.1, 0.15) is 0 Å². The van der Waals surface area contributed by atoms with Gasteiger partial charge in [-0.3, -0.25) is 4.68 Å². The normalized spacial score (nSPS) is 23.3. The third-order valence-corrected chi connectivity index (χ3v) is 2.17. The molecule has 0 saturated carbocycles. The number of nitrogens with two attached hydrogens (primary N) is 1. The van der Waals surface area contributed by atoms with Gasteiger partial charge in [-0.1, -0.05) is 0 Å². The van der Waals surface area contributed by atoms with Crippen molar-refractivity contribution in [3.05, 3.63) is 17.5 Å². The number of hydrogen-bond acceptors (Lipinski definition) is 2. The van der Waals surface area contributed by atoms with Crippen molar-refractivity contribution in [2.75, 3.05) is 0 Å². The summed E-state index contributed by atoms with van der Waals surface area (Å²) in [4.78, 5) is 0. The van der Waals surface area contributed by atoms with Gasteiger partial charge in [0, 0.05) is 24.7 Å². The molecule has 0 aliphatic carbocycles. The molecular formula is C8H13N3. The van der Waals surface area contributed by atoms with Gasteiger partial charge in [-0.25, -0.2) is 0 Å². The summed E-state index contributed by atoms with van der Waals surface area (Å²) < 4.78 is 2.07. The molecule has 1 aromatic heterocycles. The molecule has 0 saturated heterocycles. The van der Waals surface area contributed by atoms with Crippen LogP contribution in [-0.2, 0) is 13.0 Å². The molecule has 2 N–H and O–H groups in total. The van der Waals surface area contributed by atoms with Crippen LogP contribution in [0.1, 0.15) is 17.8 Å². The summed E-state index contributed by atoms with van der Waals surface area (Å²) in [5.74, 6) is 0. The fourth-order valence-electron chi connectivity index (χ4n) is 1.62. The van der Waals surface area contributed by atoms with Crippen LogP contribution in [0.5, 0.6) is 0 Å². The molecule has 1 aromatic rings. The number of aromatic nitrogens is 2. The van der Waals surface area contributed by atoms with E-state index in [1.807, 2.05) is 6.92 Å². The number of aryl methyl sites for hydroxylation is 2. The largest absolute Gasteiger partial charge is 0.327 e. The minimum absolute atomic E-state index is 0.346. The molecule has 2 heterocycles. The number of fused-ring (bicyclic) bond motifs is 1. The molecule has 0 fully saturated rings. The van der Waals surface area contributed by atoms with Crippen LogP contribution in [0.15, 0.2) is 6.07 Å². The fourth-order valence-corrected chi connectivity index (χ4v) is 1.62. The molecule has 60 valence electrons. The molecule has 0 bridgehead atoms. The zero-order chi connectivity index (χ0) is 7.84. The minimum atomic E-state index is 0.346. The van der Waals surface area contributed by atoms with Crippen molar-refractivity contribution < 1.29 is 0 Å². The van der Waals surface area contributed by atoms with Crippen molar-refractivity contribution in [3.63, 3.8) is 0 Å². The summed E-state index contributed by atoms with van der Waals surface area (Å²) in [6.07, 6.45) is 2.05. The van der Waals surface area contributed by atoms with Gasteiger partial charge in [-0.05, 0) is 19.4 Å². The highest BCUT2D eigenvalue weighted by atomic mass is 15.3. The number of hydrogen-bond donors (Lipinski definition) is 1. The van der Waals surface area contributed by atoms with Crippen molar-refractivity contribution in [1.82, 2.24) is 9.78 Å². The van der Waals surface area contributed by atoms with Crippen LogP contribution < -0.4 is 5.73 Å². The first kappa shape index (κ1) is 6.85.